The van der Waals surface area contributed by atoms with Gasteiger partial charge in [-0.2, -0.15) is 0 Å². The fraction of sp³-hybridized carbons (Fsp3) is 0.320. The maximum atomic E-state index is 14.0. The summed E-state index contributed by atoms with van der Waals surface area (Å²) >= 11 is 1.37. The molecule has 2 heterocycles. The number of hydrogen-bond acceptors (Lipinski definition) is 5. The predicted molar refractivity (Wildman–Crippen MR) is 125 cm³/mol. The number of rotatable bonds is 7. The number of hydrogen-bond donors (Lipinski definition) is 1. The summed E-state index contributed by atoms with van der Waals surface area (Å²) in [6, 6.07) is 11.8. The van der Waals surface area contributed by atoms with Crippen LogP contribution in [0.15, 0.2) is 47.8 Å². The Morgan fingerprint density at radius 3 is 2.88 bits per heavy atom. The molecule has 0 radical (unpaired) electrons. The molecule has 0 unspecified atom stereocenters. The van der Waals surface area contributed by atoms with Crippen molar-refractivity contribution < 1.29 is 18.7 Å². The highest BCUT2D eigenvalue weighted by Crippen LogP contribution is 2.37. The van der Waals surface area contributed by atoms with Gasteiger partial charge in [0.25, 0.3) is 5.91 Å². The topological polar surface area (TPSA) is 71.5 Å². The van der Waals surface area contributed by atoms with Crippen molar-refractivity contribution in [3.63, 3.8) is 0 Å². The van der Waals surface area contributed by atoms with Crippen LogP contribution in [0.3, 0.4) is 0 Å². The number of fused-ring (bicyclic) bond motifs is 1. The predicted octanol–water partition coefficient (Wildman–Crippen LogP) is 4.50. The third-order valence-corrected chi connectivity index (χ3v) is 6.42. The van der Waals surface area contributed by atoms with Gasteiger partial charge in [0.1, 0.15) is 28.9 Å². The number of ether oxygens (including phenoxy) is 1. The Kier molecular flexibility index (Phi) is 7.03. The highest BCUT2D eigenvalue weighted by Gasteiger charge is 2.31. The van der Waals surface area contributed by atoms with Crippen LogP contribution in [0.25, 0.3) is 0 Å². The normalized spacial score (nSPS) is 15.1. The van der Waals surface area contributed by atoms with Crippen molar-refractivity contribution >= 4 is 23.2 Å². The molecule has 1 aliphatic rings. The molecule has 0 bridgehead atoms. The molecule has 0 fully saturated rings. The highest BCUT2D eigenvalue weighted by molar-refractivity contribution is 7.09. The molecule has 1 N–H and O–H groups in total. The average molecular weight is 468 g/mol. The molecule has 1 aromatic heterocycles. The van der Waals surface area contributed by atoms with Crippen LogP contribution in [0.5, 0.6) is 5.75 Å². The second-order valence-corrected chi connectivity index (χ2v) is 8.89. The van der Waals surface area contributed by atoms with Crippen molar-refractivity contribution in [2.75, 3.05) is 13.1 Å². The van der Waals surface area contributed by atoms with Crippen LogP contribution >= 0.6 is 11.3 Å². The molecule has 2 aromatic carbocycles. The number of benzene rings is 2. The van der Waals surface area contributed by atoms with Crippen molar-refractivity contribution in [2.24, 2.45) is 0 Å². The van der Waals surface area contributed by atoms with E-state index in [1.807, 2.05) is 31.2 Å². The van der Waals surface area contributed by atoms with Gasteiger partial charge < -0.3 is 15.0 Å². The molecule has 4 rings (SSSR count). The van der Waals surface area contributed by atoms with Gasteiger partial charge in [0.2, 0.25) is 5.91 Å². The maximum Gasteiger partial charge on any atom is 0.270 e. The lowest BCUT2D eigenvalue weighted by atomic mass is 9.88. The molecule has 172 valence electrons. The van der Waals surface area contributed by atoms with E-state index in [1.165, 1.54) is 30.4 Å². The Morgan fingerprint density at radius 1 is 1.27 bits per heavy atom. The number of thiazole rings is 1. The van der Waals surface area contributed by atoms with E-state index in [9.17, 15) is 14.0 Å². The number of halogens is 1. The standard InChI is InChI=1S/C25H26FN3O3S/c1-3-10-27-25(31)22-15-33-23(28-22)14-32-20-8-7-17-9-11-29(16(2)30)24(21(17)13-20)18-5-4-6-19(26)12-18/h4-8,12-13,15,24H,3,9-11,14H2,1-2H3,(H,27,31)/t24-/m1/s1. The summed E-state index contributed by atoms with van der Waals surface area (Å²) in [5, 5.41) is 5.23. The second-order valence-electron chi connectivity index (χ2n) is 7.95. The minimum absolute atomic E-state index is 0.0575. The molecular weight excluding hydrogens is 441 g/mol. The van der Waals surface area contributed by atoms with Crippen LogP contribution in [0.1, 0.15) is 58.5 Å². The number of aromatic nitrogens is 1. The van der Waals surface area contributed by atoms with Crippen LogP contribution in [0.4, 0.5) is 4.39 Å². The van der Waals surface area contributed by atoms with Gasteiger partial charge in [0, 0.05) is 25.4 Å². The minimum atomic E-state index is -0.376. The van der Waals surface area contributed by atoms with Gasteiger partial charge in [0.15, 0.2) is 0 Å². The first kappa shape index (κ1) is 22.9. The first-order chi connectivity index (χ1) is 16.0. The monoisotopic (exact) mass is 467 g/mol. The van der Waals surface area contributed by atoms with E-state index in [2.05, 4.69) is 10.3 Å². The summed E-state index contributed by atoms with van der Waals surface area (Å²) in [6.07, 6.45) is 1.59. The van der Waals surface area contributed by atoms with Gasteiger partial charge in [-0.05, 0) is 53.8 Å². The zero-order chi connectivity index (χ0) is 23.4. The zero-order valence-electron chi connectivity index (χ0n) is 18.6. The number of carbonyl (C=O) groups is 2. The van der Waals surface area contributed by atoms with Crippen LogP contribution in [0, 0.1) is 5.82 Å². The number of amides is 2. The fourth-order valence-electron chi connectivity index (χ4n) is 4.01. The maximum absolute atomic E-state index is 14.0. The molecule has 8 heteroatoms. The van der Waals surface area contributed by atoms with E-state index in [0.29, 0.717) is 29.5 Å². The first-order valence-corrected chi connectivity index (χ1v) is 11.8. The molecule has 0 spiro atoms. The Hall–Kier alpha value is -3.26. The molecular formula is C25H26FN3O3S. The van der Waals surface area contributed by atoms with Crippen LogP contribution < -0.4 is 10.1 Å². The summed E-state index contributed by atoms with van der Waals surface area (Å²) in [5.74, 6) is 0.0547. The summed E-state index contributed by atoms with van der Waals surface area (Å²) in [5.41, 5.74) is 3.16. The Labute approximate surface area is 196 Å². The van der Waals surface area contributed by atoms with Crippen LogP contribution in [-0.4, -0.2) is 34.8 Å². The first-order valence-electron chi connectivity index (χ1n) is 11.0. The lowest BCUT2D eigenvalue weighted by molar-refractivity contribution is -0.130. The minimum Gasteiger partial charge on any atom is -0.486 e. The second kappa shape index (κ2) is 10.1. The third kappa shape index (κ3) is 5.22. The molecule has 6 nitrogen and oxygen atoms in total. The SMILES string of the molecule is CCCNC(=O)c1csc(COc2ccc3c(c2)[C@@H](c2cccc(F)c2)N(C(C)=O)CC3)n1. The van der Waals surface area contributed by atoms with Gasteiger partial charge in [-0.25, -0.2) is 9.37 Å². The fourth-order valence-corrected chi connectivity index (χ4v) is 4.70. The third-order valence-electron chi connectivity index (χ3n) is 5.60. The molecule has 33 heavy (non-hydrogen) atoms. The lowest BCUT2D eigenvalue weighted by Crippen LogP contribution is -2.39. The lowest BCUT2D eigenvalue weighted by Gasteiger charge is -2.37. The Bertz CT molecular complexity index is 1160. The van der Waals surface area contributed by atoms with Crippen molar-refractivity contribution in [3.8, 4) is 5.75 Å². The molecule has 3 aromatic rings. The molecule has 2 amide bonds. The van der Waals surface area contributed by atoms with Crippen LogP contribution in [-0.2, 0) is 17.8 Å². The van der Waals surface area contributed by atoms with E-state index in [-0.39, 0.29) is 30.3 Å². The number of nitrogens with zero attached hydrogens (tertiary/aromatic N) is 2. The van der Waals surface area contributed by atoms with Gasteiger partial charge >= 0.3 is 0 Å². The van der Waals surface area contributed by atoms with E-state index >= 15 is 0 Å². The highest BCUT2D eigenvalue weighted by atomic mass is 32.1. The largest absolute Gasteiger partial charge is 0.486 e. The summed E-state index contributed by atoms with van der Waals surface area (Å²) < 4.78 is 20.0. The molecule has 0 saturated heterocycles. The molecule has 0 aliphatic carbocycles. The van der Waals surface area contributed by atoms with Gasteiger partial charge in [-0.15, -0.1) is 11.3 Å². The van der Waals surface area contributed by atoms with Crippen LogP contribution in [0.2, 0.25) is 0 Å². The van der Waals surface area contributed by atoms with Crippen molar-refractivity contribution in [3.05, 3.63) is 81.1 Å². The Balaban J connectivity index is 1.55. The van der Waals surface area contributed by atoms with Gasteiger partial charge in [-0.3, -0.25) is 9.59 Å². The van der Waals surface area contributed by atoms with E-state index < -0.39 is 0 Å². The summed E-state index contributed by atoms with van der Waals surface area (Å²) in [7, 11) is 0. The zero-order valence-corrected chi connectivity index (χ0v) is 19.5. The van der Waals surface area contributed by atoms with Crippen molar-refractivity contribution in [1.29, 1.82) is 0 Å². The number of nitrogens with one attached hydrogen (secondary N) is 1. The van der Waals surface area contributed by atoms with E-state index in [4.69, 9.17) is 4.74 Å². The quantitative estimate of drug-likeness (QED) is 0.556. The van der Waals surface area contributed by atoms with Crippen molar-refractivity contribution in [1.82, 2.24) is 15.2 Å². The van der Waals surface area contributed by atoms with E-state index in [0.717, 1.165) is 29.5 Å². The summed E-state index contributed by atoms with van der Waals surface area (Å²) in [6.45, 7) is 4.94. The van der Waals surface area contributed by atoms with Crippen molar-refractivity contribution in [2.45, 2.75) is 39.3 Å². The van der Waals surface area contributed by atoms with Gasteiger partial charge in [-0.1, -0.05) is 25.1 Å². The molecule has 1 atom stereocenters. The smallest absolute Gasteiger partial charge is 0.270 e. The van der Waals surface area contributed by atoms with E-state index in [1.54, 1.807) is 16.3 Å². The number of carbonyl (C=O) groups excluding carboxylic acids is 2. The Morgan fingerprint density at radius 2 is 2.12 bits per heavy atom. The summed E-state index contributed by atoms with van der Waals surface area (Å²) in [4.78, 5) is 30.5. The van der Waals surface area contributed by atoms with Gasteiger partial charge in [0.05, 0.1) is 6.04 Å². The molecule has 1 aliphatic heterocycles. The average Bonchev–Trinajstić information content (AvgIpc) is 3.29. The molecule has 0 saturated carbocycles.